The minimum absolute atomic E-state index is 0.231. The monoisotopic (exact) mass is 335 g/mol. The number of fused-ring (bicyclic) bond motifs is 1. The fourth-order valence-corrected chi connectivity index (χ4v) is 2.67. The second-order valence-electron chi connectivity index (χ2n) is 5.58. The average molecular weight is 335 g/mol. The second kappa shape index (κ2) is 6.65. The predicted octanol–water partition coefficient (Wildman–Crippen LogP) is 3.15. The number of hydrogen-bond acceptors (Lipinski definition) is 4. The molecule has 0 bridgehead atoms. The van der Waals surface area contributed by atoms with Crippen LogP contribution in [0.1, 0.15) is 15.9 Å². The number of nitrogens with zero attached hydrogens (tertiary/aromatic N) is 1. The molecule has 0 spiro atoms. The van der Waals surface area contributed by atoms with Crippen molar-refractivity contribution in [3.8, 4) is 11.5 Å². The first kappa shape index (κ1) is 16.5. The summed E-state index contributed by atoms with van der Waals surface area (Å²) in [7, 11) is 3.15. The number of aryl methyl sites for hydroxylation is 1. The number of pyridine rings is 1. The van der Waals surface area contributed by atoms with Gasteiger partial charge < -0.3 is 14.4 Å². The highest BCUT2D eigenvalue weighted by molar-refractivity contribution is 6.11. The van der Waals surface area contributed by atoms with Crippen molar-refractivity contribution in [3.05, 3.63) is 76.1 Å². The van der Waals surface area contributed by atoms with Crippen LogP contribution in [0.15, 0.2) is 59.4 Å². The zero-order valence-corrected chi connectivity index (χ0v) is 13.9. The molecular weight excluding hydrogens is 318 g/mol. The lowest BCUT2D eigenvalue weighted by Gasteiger charge is -2.09. The molecule has 0 amide bonds. The van der Waals surface area contributed by atoms with Crippen LogP contribution in [0, 0.1) is 0 Å². The molecule has 0 saturated carbocycles. The number of para-hydroxylation sites is 1. The standard InChI is InChI=1S/C20H17NO4/c1-21-16-6-4-3-5-15(16)19(23)18(20(21)24)17(22)12-9-13-7-10-14(25-2)11-8-13/h3-12,23H,1-2H3. The molecule has 25 heavy (non-hydrogen) atoms. The molecule has 126 valence electrons. The van der Waals surface area contributed by atoms with Gasteiger partial charge in [-0.3, -0.25) is 9.59 Å². The molecule has 0 radical (unpaired) electrons. The second-order valence-corrected chi connectivity index (χ2v) is 5.58. The zero-order valence-electron chi connectivity index (χ0n) is 13.9. The van der Waals surface area contributed by atoms with Crippen molar-refractivity contribution >= 4 is 22.8 Å². The van der Waals surface area contributed by atoms with Crippen molar-refractivity contribution in [2.24, 2.45) is 7.05 Å². The molecule has 2 aromatic carbocycles. The van der Waals surface area contributed by atoms with E-state index in [1.165, 1.54) is 10.6 Å². The lowest BCUT2D eigenvalue weighted by molar-refractivity contribution is 0.104. The molecular formula is C20H17NO4. The summed E-state index contributed by atoms with van der Waals surface area (Å²) in [5, 5.41) is 10.9. The zero-order chi connectivity index (χ0) is 18.0. The Morgan fingerprint density at radius 3 is 2.48 bits per heavy atom. The number of allylic oxidation sites excluding steroid dienone is 1. The Morgan fingerprint density at radius 1 is 1.12 bits per heavy atom. The predicted molar refractivity (Wildman–Crippen MR) is 97.2 cm³/mol. The van der Waals surface area contributed by atoms with Crippen molar-refractivity contribution in [2.45, 2.75) is 0 Å². The van der Waals surface area contributed by atoms with E-state index in [1.807, 2.05) is 0 Å². The number of methoxy groups -OCH3 is 1. The van der Waals surface area contributed by atoms with Crippen molar-refractivity contribution in [1.29, 1.82) is 0 Å². The van der Waals surface area contributed by atoms with Crippen LogP contribution < -0.4 is 10.3 Å². The van der Waals surface area contributed by atoms with Gasteiger partial charge in [-0.1, -0.05) is 30.3 Å². The summed E-state index contributed by atoms with van der Waals surface area (Å²) >= 11 is 0. The summed E-state index contributed by atoms with van der Waals surface area (Å²) in [5.41, 5.74) is 0.596. The number of aromatic hydroxyl groups is 1. The molecule has 0 fully saturated rings. The van der Waals surface area contributed by atoms with E-state index < -0.39 is 11.3 Å². The fourth-order valence-electron chi connectivity index (χ4n) is 2.67. The molecule has 5 heteroatoms. The van der Waals surface area contributed by atoms with Gasteiger partial charge in [0.05, 0.1) is 12.6 Å². The highest BCUT2D eigenvalue weighted by atomic mass is 16.5. The number of ketones is 1. The molecule has 3 aromatic rings. The number of rotatable bonds is 4. The summed E-state index contributed by atoms with van der Waals surface area (Å²) < 4.78 is 6.45. The first-order valence-corrected chi connectivity index (χ1v) is 7.70. The van der Waals surface area contributed by atoms with E-state index >= 15 is 0 Å². The van der Waals surface area contributed by atoms with Crippen molar-refractivity contribution in [1.82, 2.24) is 4.57 Å². The Morgan fingerprint density at radius 2 is 1.80 bits per heavy atom. The Balaban J connectivity index is 2.02. The number of hydrogen-bond donors (Lipinski definition) is 1. The largest absolute Gasteiger partial charge is 0.506 e. The first-order chi connectivity index (χ1) is 12.0. The number of benzene rings is 2. The third-order valence-electron chi connectivity index (χ3n) is 4.07. The Hall–Kier alpha value is -3.34. The topological polar surface area (TPSA) is 68.5 Å². The van der Waals surface area contributed by atoms with Crippen molar-refractivity contribution in [2.75, 3.05) is 7.11 Å². The maximum atomic E-state index is 12.5. The highest BCUT2D eigenvalue weighted by Gasteiger charge is 2.18. The highest BCUT2D eigenvalue weighted by Crippen LogP contribution is 2.26. The molecule has 0 unspecified atom stereocenters. The molecule has 1 N–H and O–H groups in total. The number of carbonyl (C=O) groups is 1. The molecule has 1 aromatic heterocycles. The summed E-state index contributed by atoms with van der Waals surface area (Å²) in [6.45, 7) is 0. The molecule has 0 aliphatic rings. The van der Waals surface area contributed by atoms with Crippen LogP contribution in [-0.2, 0) is 7.05 Å². The maximum absolute atomic E-state index is 12.5. The molecule has 3 rings (SSSR count). The van der Waals surface area contributed by atoms with E-state index in [0.717, 1.165) is 5.56 Å². The first-order valence-electron chi connectivity index (χ1n) is 7.70. The quantitative estimate of drug-likeness (QED) is 0.587. The fraction of sp³-hybridized carbons (Fsp3) is 0.100. The lowest BCUT2D eigenvalue weighted by atomic mass is 10.1. The Bertz CT molecular complexity index is 1030. The third-order valence-corrected chi connectivity index (χ3v) is 4.07. The normalized spacial score (nSPS) is 11.1. The van der Waals surface area contributed by atoms with Crippen LogP contribution >= 0.6 is 0 Å². The van der Waals surface area contributed by atoms with E-state index in [4.69, 9.17) is 4.74 Å². The number of carbonyl (C=O) groups excluding carboxylic acids is 1. The maximum Gasteiger partial charge on any atom is 0.265 e. The van der Waals surface area contributed by atoms with Gasteiger partial charge in [0.25, 0.3) is 5.56 Å². The van der Waals surface area contributed by atoms with E-state index in [2.05, 4.69) is 0 Å². The van der Waals surface area contributed by atoms with Crippen molar-refractivity contribution < 1.29 is 14.6 Å². The van der Waals surface area contributed by atoms with Crippen LogP contribution in [0.3, 0.4) is 0 Å². The van der Waals surface area contributed by atoms with Gasteiger partial charge in [0.2, 0.25) is 0 Å². The van der Waals surface area contributed by atoms with E-state index in [9.17, 15) is 14.7 Å². The Kier molecular flexibility index (Phi) is 4.39. The molecule has 0 saturated heterocycles. The van der Waals surface area contributed by atoms with Gasteiger partial charge in [0.15, 0.2) is 5.78 Å². The van der Waals surface area contributed by atoms with Crippen LogP contribution in [-0.4, -0.2) is 22.6 Å². The van der Waals surface area contributed by atoms with Gasteiger partial charge in [-0.25, -0.2) is 0 Å². The van der Waals surface area contributed by atoms with Gasteiger partial charge in [-0.05, 0) is 35.9 Å². The lowest BCUT2D eigenvalue weighted by Crippen LogP contribution is -2.24. The van der Waals surface area contributed by atoms with Crippen molar-refractivity contribution in [3.63, 3.8) is 0 Å². The van der Waals surface area contributed by atoms with Crippen LogP contribution in [0.4, 0.5) is 0 Å². The van der Waals surface area contributed by atoms with Gasteiger partial charge in [-0.2, -0.15) is 0 Å². The number of aromatic nitrogens is 1. The number of ether oxygens (including phenoxy) is 1. The summed E-state index contributed by atoms with van der Waals surface area (Å²) in [6, 6.07) is 14.0. The van der Waals surface area contributed by atoms with Gasteiger partial charge in [0.1, 0.15) is 17.1 Å². The molecule has 0 aliphatic heterocycles. The van der Waals surface area contributed by atoms with Gasteiger partial charge >= 0.3 is 0 Å². The van der Waals surface area contributed by atoms with Crippen LogP contribution in [0.5, 0.6) is 11.5 Å². The molecule has 5 nitrogen and oxygen atoms in total. The van der Waals surface area contributed by atoms with Crippen LogP contribution in [0.2, 0.25) is 0 Å². The summed E-state index contributed by atoms with van der Waals surface area (Å²) in [5.74, 6) is -0.118. The molecule has 1 heterocycles. The van der Waals surface area contributed by atoms with E-state index in [0.29, 0.717) is 16.7 Å². The molecule has 0 aliphatic carbocycles. The van der Waals surface area contributed by atoms with Gasteiger partial charge in [0, 0.05) is 12.4 Å². The minimum Gasteiger partial charge on any atom is -0.506 e. The van der Waals surface area contributed by atoms with Gasteiger partial charge in [-0.15, -0.1) is 0 Å². The SMILES string of the molecule is COc1ccc(C=CC(=O)c2c(O)c3ccccc3n(C)c2=O)cc1. The minimum atomic E-state index is -0.542. The van der Waals surface area contributed by atoms with E-state index in [-0.39, 0.29) is 11.3 Å². The third kappa shape index (κ3) is 3.04. The molecule has 0 atom stereocenters. The summed E-state index contributed by atoms with van der Waals surface area (Å²) in [6.07, 6.45) is 2.88. The Labute approximate surface area is 144 Å². The summed E-state index contributed by atoms with van der Waals surface area (Å²) in [4.78, 5) is 25.0. The smallest absolute Gasteiger partial charge is 0.265 e. The van der Waals surface area contributed by atoms with Crippen LogP contribution in [0.25, 0.3) is 17.0 Å². The van der Waals surface area contributed by atoms with E-state index in [1.54, 1.807) is 68.8 Å². The average Bonchev–Trinajstić information content (AvgIpc) is 2.65.